The maximum atomic E-state index is 13.3. The minimum atomic E-state index is -4.01. The quantitative estimate of drug-likeness (QED) is 0.399. The lowest BCUT2D eigenvalue weighted by Gasteiger charge is -2.19. The number of H-pyrrole nitrogens is 1. The van der Waals surface area contributed by atoms with Crippen LogP contribution in [-0.2, 0) is 15.3 Å². The van der Waals surface area contributed by atoms with Crippen LogP contribution in [0.2, 0.25) is 5.02 Å². The fourth-order valence-electron chi connectivity index (χ4n) is 3.28. The van der Waals surface area contributed by atoms with Gasteiger partial charge in [0.2, 0.25) is 15.8 Å². The first-order valence-corrected chi connectivity index (χ1v) is 11.8. The van der Waals surface area contributed by atoms with Crippen LogP contribution < -0.4 is 10.3 Å². The number of nitrogens with one attached hydrogen (secondary N) is 1. The molecule has 0 bridgehead atoms. The average molecular weight is 503 g/mol. The van der Waals surface area contributed by atoms with Crippen molar-refractivity contribution in [2.75, 3.05) is 0 Å². The summed E-state index contributed by atoms with van der Waals surface area (Å²) in [5, 5.41) is 12.5. The molecule has 176 valence electrons. The summed E-state index contributed by atoms with van der Waals surface area (Å²) < 4.78 is 32.1. The van der Waals surface area contributed by atoms with Gasteiger partial charge in [-0.05, 0) is 35.2 Å². The third kappa shape index (κ3) is 4.39. The molecule has 0 saturated carbocycles. The van der Waals surface area contributed by atoms with Crippen LogP contribution >= 0.6 is 11.6 Å². The number of halogens is 1. The second kappa shape index (κ2) is 8.26. The second-order valence-corrected chi connectivity index (χ2v) is 10.8. The Hall–Kier alpha value is -3.70. The predicted octanol–water partition coefficient (Wildman–Crippen LogP) is 3.95. The molecule has 4 rings (SSSR count). The first-order valence-electron chi connectivity index (χ1n) is 9.91. The Morgan fingerprint density at radius 1 is 1.18 bits per heavy atom. The lowest BCUT2D eigenvalue weighted by molar-refractivity contribution is 0.144. The van der Waals surface area contributed by atoms with E-state index in [0.29, 0.717) is 0 Å². The van der Waals surface area contributed by atoms with Gasteiger partial charge in [-0.15, -0.1) is 0 Å². The summed E-state index contributed by atoms with van der Waals surface area (Å²) in [6.45, 7) is 6.06. The van der Waals surface area contributed by atoms with Crippen LogP contribution in [0.4, 0.5) is 4.79 Å². The van der Waals surface area contributed by atoms with Gasteiger partial charge >= 0.3 is 6.16 Å². The average Bonchev–Trinajstić information content (AvgIpc) is 3.20. The highest BCUT2D eigenvalue weighted by Gasteiger charge is 2.24. The molecule has 2 heterocycles. The van der Waals surface area contributed by atoms with E-state index in [4.69, 9.17) is 16.7 Å². The van der Waals surface area contributed by atoms with Gasteiger partial charge in [-0.3, -0.25) is 9.78 Å². The number of rotatable bonds is 4. The van der Waals surface area contributed by atoms with Crippen molar-refractivity contribution in [1.82, 2.24) is 19.7 Å². The lowest BCUT2D eigenvalue weighted by atomic mass is 9.87. The minimum Gasteiger partial charge on any atom is -0.449 e. The van der Waals surface area contributed by atoms with Crippen molar-refractivity contribution >= 4 is 38.5 Å². The molecule has 2 aromatic carbocycles. The van der Waals surface area contributed by atoms with Gasteiger partial charge < -0.3 is 9.84 Å². The van der Waals surface area contributed by atoms with Crippen molar-refractivity contribution in [3.05, 3.63) is 69.7 Å². The molecular formula is C22H19ClN4O6S. The van der Waals surface area contributed by atoms with E-state index in [2.05, 4.69) is 19.8 Å². The zero-order valence-corrected chi connectivity index (χ0v) is 19.8. The number of nitrogens with zero attached hydrogens (tertiary/aromatic N) is 3. The van der Waals surface area contributed by atoms with Gasteiger partial charge in [-0.2, -0.15) is 5.10 Å². The lowest BCUT2D eigenvalue weighted by Crippen LogP contribution is -2.15. The molecule has 4 aromatic rings. The number of fused-ring (bicyclic) bond motifs is 1. The van der Waals surface area contributed by atoms with E-state index in [1.165, 1.54) is 30.5 Å². The zero-order chi connectivity index (χ0) is 24.8. The Balaban J connectivity index is 1.77. The SMILES string of the molecule is CC(C)(C)c1ccc(S(=O)(=O)c2cc3c(=O)[nH]c(-n4cc(OC(=O)O)cn4)nc3cc2Cl)cc1. The van der Waals surface area contributed by atoms with Gasteiger partial charge in [0.1, 0.15) is 0 Å². The van der Waals surface area contributed by atoms with Crippen LogP contribution in [0.3, 0.4) is 0 Å². The van der Waals surface area contributed by atoms with Gasteiger partial charge in [0.15, 0.2) is 5.75 Å². The maximum absolute atomic E-state index is 13.3. The van der Waals surface area contributed by atoms with Crippen LogP contribution in [0.25, 0.3) is 16.9 Å². The molecule has 34 heavy (non-hydrogen) atoms. The summed E-state index contributed by atoms with van der Waals surface area (Å²) in [4.78, 5) is 30.0. The van der Waals surface area contributed by atoms with Crippen LogP contribution in [0.1, 0.15) is 26.3 Å². The molecule has 2 N–H and O–H groups in total. The van der Waals surface area contributed by atoms with Crippen molar-refractivity contribution in [3.63, 3.8) is 0 Å². The normalized spacial score (nSPS) is 12.1. The fourth-order valence-corrected chi connectivity index (χ4v) is 5.08. The Morgan fingerprint density at radius 3 is 2.47 bits per heavy atom. The highest BCUT2D eigenvalue weighted by molar-refractivity contribution is 7.91. The molecule has 0 fully saturated rings. The van der Waals surface area contributed by atoms with Crippen molar-refractivity contribution < 1.29 is 23.1 Å². The molecule has 0 aliphatic carbocycles. The van der Waals surface area contributed by atoms with Gasteiger partial charge in [0.25, 0.3) is 5.56 Å². The van der Waals surface area contributed by atoms with E-state index >= 15 is 0 Å². The van der Waals surface area contributed by atoms with Crippen molar-refractivity contribution in [1.29, 1.82) is 0 Å². The number of aromatic amines is 1. The smallest absolute Gasteiger partial charge is 0.449 e. The molecule has 0 aliphatic heterocycles. The number of sulfone groups is 1. The summed E-state index contributed by atoms with van der Waals surface area (Å²) in [6.07, 6.45) is 0.819. The van der Waals surface area contributed by atoms with Gasteiger partial charge in [-0.1, -0.05) is 44.5 Å². The highest BCUT2D eigenvalue weighted by Crippen LogP contribution is 2.32. The molecule has 0 unspecified atom stereocenters. The highest BCUT2D eigenvalue weighted by atomic mass is 35.5. The third-order valence-electron chi connectivity index (χ3n) is 5.05. The third-order valence-corrected chi connectivity index (χ3v) is 7.28. The van der Waals surface area contributed by atoms with Gasteiger partial charge in [0.05, 0.1) is 38.1 Å². The van der Waals surface area contributed by atoms with E-state index in [1.54, 1.807) is 12.1 Å². The second-order valence-electron chi connectivity index (χ2n) is 8.46. The van der Waals surface area contributed by atoms with E-state index in [1.807, 2.05) is 20.8 Å². The number of ether oxygens (including phenoxy) is 1. The van der Waals surface area contributed by atoms with Crippen LogP contribution in [0, 0.1) is 0 Å². The predicted molar refractivity (Wildman–Crippen MR) is 124 cm³/mol. The summed E-state index contributed by atoms with van der Waals surface area (Å²) in [7, 11) is -4.01. The van der Waals surface area contributed by atoms with Crippen LogP contribution in [0.15, 0.2) is 63.4 Å². The van der Waals surface area contributed by atoms with Crippen LogP contribution in [0.5, 0.6) is 5.75 Å². The molecule has 0 radical (unpaired) electrons. The summed E-state index contributed by atoms with van der Waals surface area (Å²) >= 11 is 6.31. The molecule has 0 saturated heterocycles. The first kappa shape index (κ1) is 23.5. The van der Waals surface area contributed by atoms with Crippen molar-refractivity contribution in [2.24, 2.45) is 0 Å². The molecule has 0 amide bonds. The standard InChI is InChI=1S/C22H19ClN4O6S/c1-22(2,3)12-4-6-14(7-5-12)34(31,32)18-8-15-17(9-16(18)23)25-20(26-19(15)28)27-11-13(10-24-27)33-21(29)30/h4-11H,1-3H3,(H,29,30)(H,25,26,28). The number of hydrogen-bond donors (Lipinski definition) is 2. The fraction of sp³-hybridized carbons (Fsp3) is 0.182. The Kier molecular flexibility index (Phi) is 5.70. The summed E-state index contributed by atoms with van der Waals surface area (Å²) in [6, 6.07) is 8.98. The molecule has 2 aromatic heterocycles. The number of carboxylic acid groups (broad SMARTS) is 1. The Morgan fingerprint density at radius 2 is 1.85 bits per heavy atom. The molecule has 0 atom stereocenters. The number of benzene rings is 2. The molecule has 0 aliphatic rings. The van der Waals surface area contributed by atoms with Gasteiger partial charge in [0, 0.05) is 0 Å². The van der Waals surface area contributed by atoms with E-state index in [-0.39, 0.29) is 42.8 Å². The first-order chi connectivity index (χ1) is 15.9. The zero-order valence-electron chi connectivity index (χ0n) is 18.2. The molecule has 10 nitrogen and oxygen atoms in total. The van der Waals surface area contributed by atoms with Crippen LogP contribution in [-0.4, -0.2) is 39.4 Å². The van der Waals surface area contributed by atoms with E-state index in [0.717, 1.165) is 16.4 Å². The number of aromatic nitrogens is 4. The topological polar surface area (TPSA) is 144 Å². The largest absolute Gasteiger partial charge is 0.511 e. The number of carbonyl (C=O) groups is 1. The van der Waals surface area contributed by atoms with E-state index < -0.39 is 21.6 Å². The minimum absolute atomic E-state index is 0.00667. The van der Waals surface area contributed by atoms with Crippen molar-refractivity contribution in [3.8, 4) is 11.7 Å². The molecular weight excluding hydrogens is 484 g/mol. The maximum Gasteiger partial charge on any atom is 0.511 e. The number of hydrogen-bond acceptors (Lipinski definition) is 7. The summed E-state index contributed by atoms with van der Waals surface area (Å²) in [5.41, 5.74) is 0.323. The summed E-state index contributed by atoms with van der Waals surface area (Å²) in [5.74, 6) is -0.116. The molecule has 0 spiro atoms. The van der Waals surface area contributed by atoms with E-state index in [9.17, 15) is 18.0 Å². The Labute approximate surface area is 198 Å². The monoisotopic (exact) mass is 502 g/mol. The van der Waals surface area contributed by atoms with Crippen molar-refractivity contribution in [2.45, 2.75) is 36.0 Å². The Bertz CT molecular complexity index is 1580. The molecule has 12 heteroatoms. The van der Waals surface area contributed by atoms with Gasteiger partial charge in [-0.25, -0.2) is 22.9 Å².